The smallest absolute Gasteiger partial charge is 0.242 e. The number of ether oxygens (including phenoxy) is 1. The number of carbonyl (C=O) groups is 2. The molecule has 2 amide bonds. The SMILES string of the molecule is COc1ccc(-n2ncc3c2NC(=O)C[C@@]32C(=O)N(CC(C)C)c3ccc(C)cc32)cc1. The van der Waals surface area contributed by atoms with E-state index >= 15 is 0 Å². The number of hydrogen-bond donors (Lipinski definition) is 1. The van der Waals surface area contributed by atoms with Crippen molar-refractivity contribution >= 4 is 23.3 Å². The predicted molar refractivity (Wildman–Crippen MR) is 123 cm³/mol. The molecule has 0 bridgehead atoms. The number of aromatic nitrogens is 2. The van der Waals surface area contributed by atoms with Crippen LogP contribution < -0.4 is 15.0 Å². The molecule has 164 valence electrons. The normalized spacial score (nSPS) is 19.3. The van der Waals surface area contributed by atoms with Gasteiger partial charge in [0, 0.05) is 24.2 Å². The summed E-state index contributed by atoms with van der Waals surface area (Å²) in [6.07, 6.45) is 1.79. The molecular weight excluding hydrogens is 404 g/mol. The quantitative estimate of drug-likeness (QED) is 0.683. The summed E-state index contributed by atoms with van der Waals surface area (Å²) in [6, 6.07) is 13.5. The molecule has 0 radical (unpaired) electrons. The van der Waals surface area contributed by atoms with E-state index in [9.17, 15) is 9.59 Å². The highest BCUT2D eigenvalue weighted by Crippen LogP contribution is 2.52. The third-order valence-electron chi connectivity index (χ3n) is 6.29. The lowest BCUT2D eigenvalue weighted by Gasteiger charge is -2.33. The molecule has 7 nitrogen and oxygen atoms in total. The second-order valence-corrected chi connectivity index (χ2v) is 8.98. The maximum absolute atomic E-state index is 14.0. The first-order valence-electron chi connectivity index (χ1n) is 10.8. The molecule has 1 N–H and O–H groups in total. The molecule has 1 spiro atoms. The van der Waals surface area contributed by atoms with Gasteiger partial charge < -0.3 is 15.0 Å². The van der Waals surface area contributed by atoms with Crippen LogP contribution in [0.2, 0.25) is 0 Å². The van der Waals surface area contributed by atoms with Crippen LogP contribution in [0.5, 0.6) is 5.75 Å². The molecule has 2 aliphatic heterocycles. The van der Waals surface area contributed by atoms with Crippen molar-refractivity contribution in [1.29, 1.82) is 0 Å². The Morgan fingerprint density at radius 1 is 1.12 bits per heavy atom. The fourth-order valence-electron chi connectivity index (χ4n) is 4.87. The summed E-state index contributed by atoms with van der Waals surface area (Å²) in [5.41, 5.74) is 3.26. The number of fused-ring (bicyclic) bond motifs is 4. The van der Waals surface area contributed by atoms with Gasteiger partial charge in [-0.2, -0.15) is 5.10 Å². The Balaban J connectivity index is 1.72. The molecule has 0 unspecified atom stereocenters. The molecule has 5 rings (SSSR count). The van der Waals surface area contributed by atoms with E-state index in [-0.39, 0.29) is 18.2 Å². The zero-order valence-electron chi connectivity index (χ0n) is 18.7. The number of amides is 2. The maximum Gasteiger partial charge on any atom is 0.242 e. The molecule has 0 saturated carbocycles. The number of nitrogens with zero attached hydrogens (tertiary/aromatic N) is 3. The largest absolute Gasteiger partial charge is 0.497 e. The van der Waals surface area contributed by atoms with Crippen molar-refractivity contribution in [3.8, 4) is 11.4 Å². The first-order valence-corrected chi connectivity index (χ1v) is 10.8. The van der Waals surface area contributed by atoms with Crippen LogP contribution in [-0.4, -0.2) is 35.2 Å². The van der Waals surface area contributed by atoms with Crippen molar-refractivity contribution in [3.05, 3.63) is 65.4 Å². The topological polar surface area (TPSA) is 76.5 Å². The lowest BCUT2D eigenvalue weighted by atomic mass is 9.71. The Morgan fingerprint density at radius 2 is 1.88 bits per heavy atom. The molecule has 1 aromatic heterocycles. The zero-order valence-corrected chi connectivity index (χ0v) is 18.7. The van der Waals surface area contributed by atoms with Gasteiger partial charge in [0.15, 0.2) is 0 Å². The second kappa shape index (κ2) is 7.22. The van der Waals surface area contributed by atoms with Gasteiger partial charge in [0.2, 0.25) is 11.8 Å². The number of anilines is 2. The van der Waals surface area contributed by atoms with E-state index in [1.807, 2.05) is 54.3 Å². The van der Waals surface area contributed by atoms with E-state index in [0.717, 1.165) is 33.8 Å². The molecule has 7 heteroatoms. The lowest BCUT2D eigenvalue weighted by molar-refractivity contribution is -0.126. The van der Waals surface area contributed by atoms with Gasteiger partial charge in [-0.05, 0) is 48.7 Å². The van der Waals surface area contributed by atoms with Crippen molar-refractivity contribution in [2.45, 2.75) is 32.6 Å². The average molecular weight is 431 g/mol. The number of carbonyl (C=O) groups excluding carboxylic acids is 2. The van der Waals surface area contributed by atoms with Gasteiger partial charge in [-0.3, -0.25) is 9.59 Å². The number of aryl methyl sites for hydroxylation is 1. The molecule has 2 aromatic carbocycles. The van der Waals surface area contributed by atoms with E-state index in [2.05, 4.69) is 24.3 Å². The van der Waals surface area contributed by atoms with E-state index in [1.54, 1.807) is 18.0 Å². The first-order chi connectivity index (χ1) is 15.3. The van der Waals surface area contributed by atoms with Crippen molar-refractivity contribution in [2.75, 3.05) is 23.9 Å². The van der Waals surface area contributed by atoms with Crippen molar-refractivity contribution in [1.82, 2.24) is 9.78 Å². The van der Waals surface area contributed by atoms with Crippen LogP contribution in [0.4, 0.5) is 11.5 Å². The second-order valence-electron chi connectivity index (χ2n) is 8.98. The molecule has 3 aromatic rings. The number of rotatable bonds is 4. The van der Waals surface area contributed by atoms with Gasteiger partial charge in [-0.25, -0.2) is 4.68 Å². The van der Waals surface area contributed by atoms with Gasteiger partial charge in [0.25, 0.3) is 0 Å². The van der Waals surface area contributed by atoms with Crippen molar-refractivity contribution in [3.63, 3.8) is 0 Å². The monoisotopic (exact) mass is 430 g/mol. The molecule has 32 heavy (non-hydrogen) atoms. The molecule has 0 aliphatic carbocycles. The molecule has 3 heterocycles. The van der Waals surface area contributed by atoms with Crippen LogP contribution in [0.1, 0.15) is 37.0 Å². The molecule has 2 aliphatic rings. The van der Waals surface area contributed by atoms with Gasteiger partial charge >= 0.3 is 0 Å². The fourth-order valence-corrected chi connectivity index (χ4v) is 4.87. The Morgan fingerprint density at radius 3 is 2.56 bits per heavy atom. The number of nitrogens with one attached hydrogen (secondary N) is 1. The number of hydrogen-bond acceptors (Lipinski definition) is 4. The Labute approximate surface area is 187 Å². The van der Waals surface area contributed by atoms with Gasteiger partial charge in [-0.1, -0.05) is 31.5 Å². The molecule has 1 atom stereocenters. The molecule has 0 fully saturated rings. The van der Waals surface area contributed by atoms with Crippen LogP contribution >= 0.6 is 0 Å². The van der Waals surface area contributed by atoms with Crippen LogP contribution in [0.3, 0.4) is 0 Å². The Hall–Kier alpha value is -3.61. The standard InChI is InChI=1S/C25H26N4O3/c1-15(2)14-28-21-10-5-16(3)11-19(21)25(24(28)31)12-22(30)27-23-20(25)13-26-29(23)17-6-8-18(32-4)9-7-17/h5-11,13,15H,12,14H2,1-4H3,(H,27,30)/t25-/m0/s1. The first kappa shape index (κ1) is 20.3. The maximum atomic E-state index is 14.0. The van der Waals surface area contributed by atoms with Gasteiger partial charge in [-0.15, -0.1) is 0 Å². The summed E-state index contributed by atoms with van der Waals surface area (Å²) in [4.78, 5) is 28.9. The fraction of sp³-hybridized carbons (Fsp3) is 0.320. The minimum atomic E-state index is -1.07. The van der Waals surface area contributed by atoms with E-state index < -0.39 is 5.41 Å². The summed E-state index contributed by atoms with van der Waals surface area (Å²) in [6.45, 7) is 6.79. The van der Waals surface area contributed by atoms with E-state index in [0.29, 0.717) is 18.3 Å². The van der Waals surface area contributed by atoms with Gasteiger partial charge in [0.05, 0.1) is 19.0 Å². The lowest BCUT2D eigenvalue weighted by Crippen LogP contribution is -2.47. The minimum Gasteiger partial charge on any atom is -0.497 e. The summed E-state index contributed by atoms with van der Waals surface area (Å²) in [7, 11) is 1.61. The number of methoxy groups -OCH3 is 1. The minimum absolute atomic E-state index is 0.0582. The summed E-state index contributed by atoms with van der Waals surface area (Å²) < 4.78 is 6.93. The van der Waals surface area contributed by atoms with E-state index in [1.165, 1.54) is 0 Å². The average Bonchev–Trinajstić information content (AvgIpc) is 3.28. The number of benzene rings is 2. The van der Waals surface area contributed by atoms with E-state index in [4.69, 9.17) is 4.74 Å². The summed E-state index contributed by atoms with van der Waals surface area (Å²) >= 11 is 0. The highest BCUT2D eigenvalue weighted by atomic mass is 16.5. The summed E-state index contributed by atoms with van der Waals surface area (Å²) in [5, 5.41) is 7.55. The molecular formula is C25H26N4O3. The van der Waals surface area contributed by atoms with Crippen LogP contribution in [0, 0.1) is 12.8 Å². The van der Waals surface area contributed by atoms with Crippen molar-refractivity contribution in [2.24, 2.45) is 5.92 Å². The third kappa shape index (κ3) is 2.84. The molecule has 0 saturated heterocycles. The highest BCUT2D eigenvalue weighted by molar-refractivity contribution is 6.15. The third-order valence-corrected chi connectivity index (χ3v) is 6.29. The summed E-state index contributed by atoms with van der Waals surface area (Å²) in [5.74, 6) is 1.31. The van der Waals surface area contributed by atoms with Crippen molar-refractivity contribution < 1.29 is 14.3 Å². The Kier molecular flexibility index (Phi) is 4.58. The van der Waals surface area contributed by atoms with Crippen LogP contribution in [0.25, 0.3) is 5.69 Å². The van der Waals surface area contributed by atoms with Crippen LogP contribution in [0.15, 0.2) is 48.7 Å². The highest BCUT2D eigenvalue weighted by Gasteiger charge is 2.57. The Bertz CT molecular complexity index is 1230. The zero-order chi connectivity index (χ0) is 22.6. The van der Waals surface area contributed by atoms with Gasteiger partial charge in [0.1, 0.15) is 17.0 Å². The van der Waals surface area contributed by atoms with Crippen LogP contribution in [-0.2, 0) is 15.0 Å². The predicted octanol–water partition coefficient (Wildman–Crippen LogP) is 3.82.